The number of hydrogen-bond acceptors (Lipinski definition) is 3. The normalized spacial score (nSPS) is 10.3. The largest absolute Gasteiger partial charge is 0.489 e. The van der Waals surface area contributed by atoms with E-state index < -0.39 is 0 Å². The molecule has 0 aliphatic heterocycles. The molecule has 2 aromatic rings. The summed E-state index contributed by atoms with van der Waals surface area (Å²) in [5, 5.41) is 3.44. The van der Waals surface area contributed by atoms with Crippen molar-refractivity contribution in [3.8, 4) is 5.75 Å². The summed E-state index contributed by atoms with van der Waals surface area (Å²) in [7, 11) is 1.55. The van der Waals surface area contributed by atoms with Gasteiger partial charge in [0.25, 0.3) is 5.17 Å². The van der Waals surface area contributed by atoms with Gasteiger partial charge in [-0.2, -0.15) is 0 Å². The molecule has 0 aliphatic rings. The highest BCUT2D eigenvalue weighted by Crippen LogP contribution is 2.24. The quantitative estimate of drug-likeness (QED) is 0.518. The summed E-state index contributed by atoms with van der Waals surface area (Å²) in [6.45, 7) is 4.69. The summed E-state index contributed by atoms with van der Waals surface area (Å²) >= 11 is 7.36. The van der Waals surface area contributed by atoms with E-state index in [4.69, 9.17) is 21.7 Å². The van der Waals surface area contributed by atoms with E-state index in [2.05, 4.69) is 53.9 Å². The average Bonchev–Trinajstić information content (AvgIpc) is 2.54. The van der Waals surface area contributed by atoms with Crippen LogP contribution in [0.15, 0.2) is 36.4 Å². The molecule has 0 fully saturated rings. The minimum absolute atomic E-state index is 0.344. The second-order valence-corrected chi connectivity index (χ2v) is 6.78. The summed E-state index contributed by atoms with van der Waals surface area (Å²) in [6, 6.07) is 12.4. The molecule has 0 heterocycles. The summed E-state index contributed by atoms with van der Waals surface area (Å²) in [5.41, 5.74) is 4.41. The molecule has 5 heteroatoms. The van der Waals surface area contributed by atoms with Crippen LogP contribution in [-0.4, -0.2) is 12.3 Å². The van der Waals surface area contributed by atoms with Gasteiger partial charge < -0.3 is 14.8 Å². The van der Waals surface area contributed by atoms with Crippen LogP contribution in [0.2, 0.25) is 0 Å². The molecule has 0 bridgehead atoms. The van der Waals surface area contributed by atoms with E-state index in [1.807, 2.05) is 24.3 Å². The molecule has 1 N–H and O–H groups in total. The molecule has 3 nitrogen and oxygen atoms in total. The van der Waals surface area contributed by atoms with Gasteiger partial charge in [0.1, 0.15) is 12.4 Å². The van der Waals surface area contributed by atoms with Gasteiger partial charge in [0.05, 0.1) is 7.11 Å². The number of anilines is 1. The Morgan fingerprint density at radius 2 is 2.00 bits per heavy atom. The molecule has 0 atom stereocenters. The summed E-state index contributed by atoms with van der Waals surface area (Å²) in [6.07, 6.45) is 1.03. The second kappa shape index (κ2) is 8.49. The molecule has 23 heavy (non-hydrogen) atoms. The highest BCUT2D eigenvalue weighted by atomic mass is 127. The zero-order valence-corrected chi connectivity index (χ0v) is 16.5. The first-order valence-corrected chi connectivity index (χ1v) is 8.88. The van der Waals surface area contributed by atoms with E-state index in [0.29, 0.717) is 11.8 Å². The Morgan fingerprint density at radius 3 is 2.65 bits per heavy atom. The fraction of sp³-hybridized carbons (Fsp3) is 0.278. The Labute approximate surface area is 156 Å². The highest BCUT2D eigenvalue weighted by molar-refractivity contribution is 14.1. The number of ether oxygens (including phenoxy) is 2. The van der Waals surface area contributed by atoms with Crippen molar-refractivity contribution in [1.82, 2.24) is 0 Å². The molecule has 0 unspecified atom stereocenters. The fourth-order valence-electron chi connectivity index (χ4n) is 2.20. The van der Waals surface area contributed by atoms with Crippen molar-refractivity contribution >= 4 is 45.7 Å². The number of aryl methyl sites for hydroxylation is 2. The maximum absolute atomic E-state index is 5.99. The standard InChI is InChI=1S/C18H20INO2S/c1-4-13-5-8-17(12(2)9-13)22-11-14-6-7-15(19)10-16(14)20-18(23)21-3/h5-10H,4,11H2,1-3H3,(H,20,23). The van der Waals surface area contributed by atoms with E-state index in [-0.39, 0.29) is 0 Å². The number of halogens is 1. The van der Waals surface area contributed by atoms with Gasteiger partial charge in [0, 0.05) is 14.8 Å². The molecule has 0 amide bonds. The van der Waals surface area contributed by atoms with Crippen LogP contribution in [0, 0.1) is 10.5 Å². The Kier molecular flexibility index (Phi) is 6.65. The first-order valence-electron chi connectivity index (χ1n) is 7.39. The number of hydrogen-bond donors (Lipinski definition) is 1. The van der Waals surface area contributed by atoms with Gasteiger partial charge in [-0.3, -0.25) is 0 Å². The maximum Gasteiger partial charge on any atom is 0.260 e. The molecular formula is C18H20INO2S. The first kappa shape index (κ1) is 18.0. The number of benzene rings is 2. The van der Waals surface area contributed by atoms with Crippen LogP contribution >= 0.6 is 34.8 Å². The predicted octanol–water partition coefficient (Wildman–Crippen LogP) is 5.08. The Hall–Kier alpha value is -1.34. The van der Waals surface area contributed by atoms with Gasteiger partial charge in [-0.05, 0) is 77.5 Å². The monoisotopic (exact) mass is 441 g/mol. The van der Waals surface area contributed by atoms with E-state index in [0.717, 1.165) is 32.6 Å². The number of rotatable bonds is 5. The smallest absolute Gasteiger partial charge is 0.260 e. The lowest BCUT2D eigenvalue weighted by molar-refractivity contribution is 0.304. The van der Waals surface area contributed by atoms with Crippen molar-refractivity contribution in [2.45, 2.75) is 26.9 Å². The summed E-state index contributed by atoms with van der Waals surface area (Å²) < 4.78 is 12.1. The molecular weight excluding hydrogens is 421 g/mol. The van der Waals surface area contributed by atoms with Gasteiger partial charge in [0.2, 0.25) is 0 Å². The maximum atomic E-state index is 5.99. The number of methoxy groups -OCH3 is 1. The van der Waals surface area contributed by atoms with E-state index in [9.17, 15) is 0 Å². The van der Waals surface area contributed by atoms with Crippen molar-refractivity contribution < 1.29 is 9.47 Å². The number of nitrogens with one attached hydrogen (secondary N) is 1. The minimum atomic E-state index is 0.344. The van der Waals surface area contributed by atoms with Crippen LogP contribution in [0.5, 0.6) is 5.75 Å². The Balaban J connectivity index is 2.15. The van der Waals surface area contributed by atoms with Crippen LogP contribution in [0.4, 0.5) is 5.69 Å². The molecule has 0 radical (unpaired) electrons. The van der Waals surface area contributed by atoms with E-state index in [1.54, 1.807) is 7.11 Å². The Morgan fingerprint density at radius 1 is 1.22 bits per heavy atom. The fourth-order valence-corrected chi connectivity index (χ4v) is 2.80. The summed E-state index contributed by atoms with van der Waals surface area (Å²) in [5.74, 6) is 0.904. The topological polar surface area (TPSA) is 30.5 Å². The number of thiocarbonyl (C=S) groups is 1. The van der Waals surface area contributed by atoms with Crippen molar-refractivity contribution in [1.29, 1.82) is 0 Å². The van der Waals surface area contributed by atoms with Gasteiger partial charge in [-0.15, -0.1) is 0 Å². The predicted molar refractivity (Wildman–Crippen MR) is 107 cm³/mol. The van der Waals surface area contributed by atoms with Crippen LogP contribution in [0.1, 0.15) is 23.6 Å². The first-order chi connectivity index (χ1) is 11.0. The van der Waals surface area contributed by atoms with Crippen LogP contribution in [-0.2, 0) is 17.8 Å². The van der Waals surface area contributed by atoms with Crippen LogP contribution < -0.4 is 10.1 Å². The third kappa shape index (κ3) is 5.07. The lowest BCUT2D eigenvalue weighted by atomic mass is 10.1. The zero-order chi connectivity index (χ0) is 16.8. The van der Waals surface area contributed by atoms with Crippen LogP contribution in [0.25, 0.3) is 0 Å². The minimum Gasteiger partial charge on any atom is -0.489 e. The van der Waals surface area contributed by atoms with Crippen molar-refractivity contribution in [2.24, 2.45) is 0 Å². The third-order valence-electron chi connectivity index (χ3n) is 3.52. The van der Waals surface area contributed by atoms with Crippen molar-refractivity contribution in [2.75, 3.05) is 12.4 Å². The van der Waals surface area contributed by atoms with E-state index >= 15 is 0 Å². The van der Waals surface area contributed by atoms with Gasteiger partial charge in [-0.1, -0.05) is 25.1 Å². The van der Waals surface area contributed by atoms with E-state index in [1.165, 1.54) is 5.56 Å². The molecule has 0 aliphatic carbocycles. The molecule has 122 valence electrons. The van der Waals surface area contributed by atoms with Crippen LogP contribution in [0.3, 0.4) is 0 Å². The van der Waals surface area contributed by atoms with Crippen molar-refractivity contribution in [3.05, 3.63) is 56.7 Å². The molecule has 0 aromatic heterocycles. The summed E-state index contributed by atoms with van der Waals surface area (Å²) in [4.78, 5) is 0. The average molecular weight is 441 g/mol. The lowest BCUT2D eigenvalue weighted by Crippen LogP contribution is -2.13. The molecule has 2 rings (SSSR count). The lowest BCUT2D eigenvalue weighted by Gasteiger charge is -2.15. The van der Waals surface area contributed by atoms with Gasteiger partial charge in [0.15, 0.2) is 0 Å². The van der Waals surface area contributed by atoms with Gasteiger partial charge >= 0.3 is 0 Å². The van der Waals surface area contributed by atoms with Crippen molar-refractivity contribution in [3.63, 3.8) is 0 Å². The molecule has 0 saturated carbocycles. The molecule has 0 spiro atoms. The zero-order valence-electron chi connectivity index (χ0n) is 13.5. The SMILES string of the molecule is CCc1ccc(OCc2ccc(I)cc2NC(=S)OC)c(C)c1. The third-order valence-corrected chi connectivity index (χ3v) is 4.46. The Bertz CT molecular complexity index is 703. The highest BCUT2D eigenvalue weighted by Gasteiger charge is 2.08. The van der Waals surface area contributed by atoms with Gasteiger partial charge in [-0.25, -0.2) is 0 Å². The molecule has 2 aromatic carbocycles. The second-order valence-electron chi connectivity index (χ2n) is 5.16. The molecule has 0 saturated heterocycles.